The lowest BCUT2D eigenvalue weighted by atomic mass is 10.1. The highest BCUT2D eigenvalue weighted by Crippen LogP contribution is 2.38. The zero-order valence-corrected chi connectivity index (χ0v) is 15.0. The van der Waals surface area contributed by atoms with Crippen molar-refractivity contribution in [1.82, 2.24) is 9.55 Å². The zero-order chi connectivity index (χ0) is 19.1. The first-order valence-corrected chi connectivity index (χ1v) is 9.03. The third-order valence-corrected chi connectivity index (χ3v) is 5.35. The van der Waals surface area contributed by atoms with Gasteiger partial charge in [-0.25, -0.2) is 9.78 Å². The Bertz CT molecular complexity index is 1070. The molecule has 3 aromatic rings. The molecule has 2 aromatic carbocycles. The molecule has 1 aliphatic carbocycles. The highest BCUT2D eigenvalue weighted by atomic mass is 35.5. The number of hydrogen-bond donors (Lipinski definition) is 1. The minimum atomic E-state index is -1.02. The van der Waals surface area contributed by atoms with Gasteiger partial charge in [0.15, 0.2) is 0 Å². The normalized spacial score (nSPS) is 14.7. The van der Waals surface area contributed by atoms with Crippen LogP contribution in [0.1, 0.15) is 42.1 Å². The first kappa shape index (κ1) is 17.5. The SMILES string of the molecule is O=C(O)c1ccc2c(c1)nc(-c1ccc(Cl)c([N+](=O)[O-])c1)n2C1CCCC1. The highest BCUT2D eigenvalue weighted by molar-refractivity contribution is 6.32. The number of imidazole rings is 1. The number of aromatic carboxylic acids is 1. The number of carbonyl (C=O) groups is 1. The number of nitrogens with zero attached hydrogens (tertiary/aromatic N) is 3. The second-order valence-corrected chi connectivity index (χ2v) is 7.08. The van der Waals surface area contributed by atoms with E-state index in [1.165, 1.54) is 18.2 Å². The molecule has 0 atom stereocenters. The molecular weight excluding hydrogens is 370 g/mol. The lowest BCUT2D eigenvalue weighted by Gasteiger charge is -2.16. The molecule has 1 aliphatic rings. The third kappa shape index (κ3) is 3.04. The minimum absolute atomic E-state index is 0.0699. The van der Waals surface area contributed by atoms with Gasteiger partial charge in [0.05, 0.1) is 21.5 Å². The molecule has 1 fully saturated rings. The largest absolute Gasteiger partial charge is 0.478 e. The summed E-state index contributed by atoms with van der Waals surface area (Å²) in [6.07, 6.45) is 4.21. The van der Waals surface area contributed by atoms with Gasteiger partial charge in [-0.3, -0.25) is 10.1 Å². The van der Waals surface area contributed by atoms with Crippen LogP contribution in [0.3, 0.4) is 0 Å². The molecule has 1 heterocycles. The summed E-state index contributed by atoms with van der Waals surface area (Å²) < 4.78 is 2.08. The van der Waals surface area contributed by atoms with E-state index in [4.69, 9.17) is 11.6 Å². The van der Waals surface area contributed by atoms with E-state index in [1.54, 1.807) is 18.2 Å². The molecule has 0 radical (unpaired) electrons. The number of halogens is 1. The summed E-state index contributed by atoms with van der Waals surface area (Å²) >= 11 is 5.95. The molecule has 0 aliphatic heterocycles. The fourth-order valence-corrected chi connectivity index (χ4v) is 3.95. The Balaban J connectivity index is 1.96. The van der Waals surface area contributed by atoms with Crippen molar-refractivity contribution >= 4 is 34.3 Å². The van der Waals surface area contributed by atoms with E-state index in [0.29, 0.717) is 16.9 Å². The predicted molar refractivity (Wildman–Crippen MR) is 101 cm³/mol. The van der Waals surface area contributed by atoms with Crippen molar-refractivity contribution in [3.8, 4) is 11.4 Å². The van der Waals surface area contributed by atoms with E-state index in [1.807, 2.05) is 0 Å². The maximum absolute atomic E-state index is 11.3. The monoisotopic (exact) mass is 385 g/mol. The van der Waals surface area contributed by atoms with E-state index >= 15 is 0 Å². The van der Waals surface area contributed by atoms with Gasteiger partial charge < -0.3 is 9.67 Å². The first-order valence-electron chi connectivity index (χ1n) is 8.65. The Morgan fingerprint density at radius 3 is 2.63 bits per heavy atom. The maximum atomic E-state index is 11.3. The Morgan fingerprint density at radius 1 is 1.22 bits per heavy atom. The lowest BCUT2D eigenvalue weighted by molar-refractivity contribution is -0.384. The molecule has 1 saturated carbocycles. The summed E-state index contributed by atoms with van der Waals surface area (Å²) in [5, 5.41) is 20.6. The van der Waals surface area contributed by atoms with Gasteiger partial charge in [-0.05, 0) is 43.2 Å². The van der Waals surface area contributed by atoms with Crippen molar-refractivity contribution in [2.24, 2.45) is 0 Å². The summed E-state index contributed by atoms with van der Waals surface area (Å²) in [4.78, 5) is 26.7. The smallest absolute Gasteiger partial charge is 0.335 e. The van der Waals surface area contributed by atoms with E-state index in [-0.39, 0.29) is 22.3 Å². The molecule has 4 rings (SSSR count). The second-order valence-electron chi connectivity index (χ2n) is 6.68. The zero-order valence-electron chi connectivity index (χ0n) is 14.3. The number of nitro benzene ring substituents is 1. The van der Waals surface area contributed by atoms with E-state index < -0.39 is 10.9 Å². The summed E-state index contributed by atoms with van der Waals surface area (Å²) in [6.45, 7) is 0. The molecule has 0 amide bonds. The first-order chi connectivity index (χ1) is 13.0. The van der Waals surface area contributed by atoms with Gasteiger partial charge in [-0.2, -0.15) is 0 Å². The van der Waals surface area contributed by atoms with Crippen LogP contribution in [-0.4, -0.2) is 25.6 Å². The van der Waals surface area contributed by atoms with Gasteiger partial charge in [0.25, 0.3) is 5.69 Å². The van der Waals surface area contributed by atoms with Gasteiger partial charge in [-0.15, -0.1) is 0 Å². The van der Waals surface area contributed by atoms with E-state index in [0.717, 1.165) is 31.2 Å². The molecular formula is C19H16ClN3O4. The molecule has 0 unspecified atom stereocenters. The van der Waals surface area contributed by atoms with Crippen molar-refractivity contribution in [1.29, 1.82) is 0 Å². The summed E-state index contributed by atoms with van der Waals surface area (Å²) in [5.41, 5.74) is 1.97. The average Bonchev–Trinajstić information content (AvgIpc) is 3.28. The Kier molecular flexibility index (Phi) is 4.31. The van der Waals surface area contributed by atoms with Crippen molar-refractivity contribution < 1.29 is 14.8 Å². The van der Waals surface area contributed by atoms with Gasteiger partial charge in [0, 0.05) is 17.7 Å². The third-order valence-electron chi connectivity index (χ3n) is 5.03. The molecule has 1 aromatic heterocycles. The van der Waals surface area contributed by atoms with Gasteiger partial charge in [-0.1, -0.05) is 24.4 Å². The predicted octanol–water partition coefficient (Wildman–Crippen LogP) is 5.08. The molecule has 8 heteroatoms. The van der Waals surface area contributed by atoms with Crippen molar-refractivity contribution in [2.75, 3.05) is 0 Å². The fraction of sp³-hybridized carbons (Fsp3) is 0.263. The highest BCUT2D eigenvalue weighted by Gasteiger charge is 2.25. The van der Waals surface area contributed by atoms with Gasteiger partial charge in [0.2, 0.25) is 0 Å². The summed E-state index contributed by atoms with van der Waals surface area (Å²) in [5.74, 6) is -0.421. The quantitative estimate of drug-likeness (QED) is 0.498. The van der Waals surface area contributed by atoms with Crippen LogP contribution in [0.4, 0.5) is 5.69 Å². The molecule has 0 saturated heterocycles. The van der Waals surface area contributed by atoms with Crippen molar-refractivity contribution in [3.63, 3.8) is 0 Å². The molecule has 0 bridgehead atoms. The van der Waals surface area contributed by atoms with Crippen LogP contribution in [0.15, 0.2) is 36.4 Å². The summed E-state index contributed by atoms with van der Waals surface area (Å²) in [7, 11) is 0. The number of benzene rings is 2. The molecule has 0 spiro atoms. The minimum Gasteiger partial charge on any atom is -0.478 e. The van der Waals surface area contributed by atoms with Crippen molar-refractivity contribution in [2.45, 2.75) is 31.7 Å². The second kappa shape index (κ2) is 6.66. The number of hydrogen-bond acceptors (Lipinski definition) is 4. The Morgan fingerprint density at radius 2 is 1.96 bits per heavy atom. The number of nitro groups is 1. The molecule has 7 nitrogen and oxygen atoms in total. The van der Waals surface area contributed by atoms with Crippen LogP contribution in [0.5, 0.6) is 0 Å². The Labute approximate surface area is 159 Å². The van der Waals surface area contributed by atoms with Crippen LogP contribution in [0.25, 0.3) is 22.4 Å². The molecule has 138 valence electrons. The number of fused-ring (bicyclic) bond motifs is 1. The van der Waals surface area contributed by atoms with Crippen LogP contribution < -0.4 is 0 Å². The molecule has 1 N–H and O–H groups in total. The Hall–Kier alpha value is -2.93. The van der Waals surface area contributed by atoms with Crippen LogP contribution in [0, 0.1) is 10.1 Å². The van der Waals surface area contributed by atoms with Crippen LogP contribution in [-0.2, 0) is 0 Å². The maximum Gasteiger partial charge on any atom is 0.335 e. The van der Waals surface area contributed by atoms with Crippen molar-refractivity contribution in [3.05, 3.63) is 57.1 Å². The lowest BCUT2D eigenvalue weighted by Crippen LogP contribution is -2.07. The standard InChI is InChI=1S/C19H16ClN3O4/c20-14-7-5-11(10-17(14)23(26)27)18-21-15-9-12(19(24)25)6-8-16(15)22(18)13-3-1-2-4-13/h5-10,13H,1-4H2,(H,24,25). The van der Waals surface area contributed by atoms with E-state index in [2.05, 4.69) is 9.55 Å². The fourth-order valence-electron chi connectivity index (χ4n) is 3.76. The average molecular weight is 386 g/mol. The topological polar surface area (TPSA) is 98.3 Å². The number of aromatic nitrogens is 2. The van der Waals surface area contributed by atoms with Crippen LogP contribution in [0.2, 0.25) is 5.02 Å². The number of rotatable bonds is 4. The van der Waals surface area contributed by atoms with Gasteiger partial charge in [0.1, 0.15) is 10.8 Å². The number of carboxylic acids is 1. The summed E-state index contributed by atoms with van der Waals surface area (Å²) in [6, 6.07) is 9.72. The number of carboxylic acid groups (broad SMARTS) is 1. The molecule has 27 heavy (non-hydrogen) atoms. The van der Waals surface area contributed by atoms with E-state index in [9.17, 15) is 20.0 Å². The van der Waals surface area contributed by atoms with Gasteiger partial charge >= 0.3 is 5.97 Å². The van der Waals surface area contributed by atoms with Crippen LogP contribution >= 0.6 is 11.6 Å².